The van der Waals surface area contributed by atoms with Crippen molar-refractivity contribution in [1.29, 1.82) is 5.26 Å². The highest BCUT2D eigenvalue weighted by molar-refractivity contribution is 7.89. The summed E-state index contributed by atoms with van der Waals surface area (Å²) in [5.41, 5.74) is 1.56. The number of hydrogen-bond acceptors (Lipinski definition) is 4. The molecule has 0 bridgehead atoms. The summed E-state index contributed by atoms with van der Waals surface area (Å²) in [5.74, 6) is -0.515. The summed E-state index contributed by atoms with van der Waals surface area (Å²) < 4.78 is 27.5. The lowest BCUT2D eigenvalue weighted by Crippen LogP contribution is -2.37. The minimum atomic E-state index is -3.95. The van der Waals surface area contributed by atoms with Gasteiger partial charge in [0.2, 0.25) is 15.9 Å². The van der Waals surface area contributed by atoms with Crippen LogP contribution in [-0.2, 0) is 21.4 Å². The Bertz CT molecular complexity index is 1170. The van der Waals surface area contributed by atoms with Gasteiger partial charge in [-0.2, -0.15) is 9.57 Å². The number of rotatable bonds is 7. The lowest BCUT2D eigenvalue weighted by atomic mass is 10.2. The number of carbonyl (C=O) groups excluding carboxylic acids is 1. The van der Waals surface area contributed by atoms with Gasteiger partial charge in [-0.1, -0.05) is 48.0 Å². The van der Waals surface area contributed by atoms with Gasteiger partial charge >= 0.3 is 0 Å². The van der Waals surface area contributed by atoms with E-state index in [4.69, 9.17) is 16.9 Å². The topological polar surface area (TPSA) is 90.3 Å². The normalized spacial score (nSPS) is 11.1. The number of benzene rings is 3. The summed E-state index contributed by atoms with van der Waals surface area (Å²) in [4.78, 5) is 12.7. The molecule has 0 fully saturated rings. The molecule has 0 aliphatic carbocycles. The Hall–Kier alpha value is -3.18. The van der Waals surface area contributed by atoms with Crippen molar-refractivity contribution in [2.24, 2.45) is 0 Å². The highest BCUT2D eigenvalue weighted by atomic mass is 35.5. The van der Waals surface area contributed by atoms with Crippen LogP contribution in [0, 0.1) is 11.3 Å². The van der Waals surface area contributed by atoms with Gasteiger partial charge in [0, 0.05) is 17.3 Å². The number of carbonyl (C=O) groups is 1. The first-order valence-electron chi connectivity index (χ1n) is 8.98. The van der Waals surface area contributed by atoms with Crippen LogP contribution < -0.4 is 5.32 Å². The molecule has 0 heterocycles. The number of sulfonamides is 1. The molecule has 0 atom stereocenters. The van der Waals surface area contributed by atoms with E-state index in [1.54, 1.807) is 42.5 Å². The number of nitriles is 1. The Balaban J connectivity index is 1.86. The van der Waals surface area contributed by atoms with Gasteiger partial charge in [-0.15, -0.1) is 0 Å². The van der Waals surface area contributed by atoms with Crippen LogP contribution in [0.4, 0.5) is 5.69 Å². The minimum absolute atomic E-state index is 0.0253. The Kier molecular flexibility index (Phi) is 6.85. The maximum absolute atomic E-state index is 13.2. The molecule has 0 spiro atoms. The number of hydrogen-bond donors (Lipinski definition) is 1. The third-order valence-corrected chi connectivity index (χ3v) is 6.31. The fraction of sp³-hybridized carbons (Fsp3) is 0.0909. The van der Waals surface area contributed by atoms with E-state index in [1.807, 2.05) is 12.1 Å². The zero-order valence-corrected chi connectivity index (χ0v) is 17.4. The summed E-state index contributed by atoms with van der Waals surface area (Å²) in [6.07, 6.45) is 0. The highest BCUT2D eigenvalue weighted by Gasteiger charge is 2.27. The standard InChI is InChI=1S/C22H18ClN3O3S/c23-19-9-11-21(12-10-19)30(28,29)26(15-17-5-2-1-3-6-17)16-22(27)25-20-8-4-7-18(13-20)14-24/h1-13H,15-16H2,(H,25,27). The molecule has 3 rings (SSSR count). The van der Waals surface area contributed by atoms with Gasteiger partial charge in [-0.3, -0.25) is 4.79 Å². The van der Waals surface area contributed by atoms with Gasteiger partial charge in [0.05, 0.1) is 23.1 Å². The van der Waals surface area contributed by atoms with E-state index in [9.17, 15) is 13.2 Å². The fourth-order valence-corrected chi connectivity index (χ4v) is 4.31. The zero-order valence-electron chi connectivity index (χ0n) is 15.8. The second-order valence-corrected chi connectivity index (χ2v) is 8.83. The lowest BCUT2D eigenvalue weighted by molar-refractivity contribution is -0.116. The van der Waals surface area contributed by atoms with Crippen molar-refractivity contribution in [3.05, 3.63) is 95.0 Å². The molecule has 152 valence electrons. The molecule has 6 nitrogen and oxygen atoms in total. The predicted molar refractivity (Wildman–Crippen MR) is 115 cm³/mol. The maximum atomic E-state index is 13.2. The van der Waals surface area contributed by atoms with E-state index in [-0.39, 0.29) is 11.4 Å². The zero-order chi connectivity index (χ0) is 21.6. The molecule has 0 saturated heterocycles. The van der Waals surface area contributed by atoms with Gasteiger partial charge in [0.1, 0.15) is 0 Å². The quantitative estimate of drug-likeness (QED) is 0.601. The predicted octanol–water partition coefficient (Wildman–Crippen LogP) is 4.04. The molecule has 3 aromatic rings. The molecule has 8 heteroatoms. The molecular formula is C22H18ClN3O3S. The largest absolute Gasteiger partial charge is 0.325 e. The van der Waals surface area contributed by atoms with Crippen molar-refractivity contribution < 1.29 is 13.2 Å². The monoisotopic (exact) mass is 439 g/mol. The van der Waals surface area contributed by atoms with E-state index >= 15 is 0 Å². The summed E-state index contributed by atoms with van der Waals surface area (Å²) in [6.45, 7) is -0.367. The Morgan fingerprint density at radius 1 is 1.00 bits per heavy atom. The number of anilines is 1. The van der Waals surface area contributed by atoms with Crippen molar-refractivity contribution >= 4 is 33.2 Å². The molecule has 30 heavy (non-hydrogen) atoms. The Morgan fingerprint density at radius 2 is 1.70 bits per heavy atom. The SMILES string of the molecule is N#Cc1cccc(NC(=O)CN(Cc2ccccc2)S(=O)(=O)c2ccc(Cl)cc2)c1. The molecule has 1 N–H and O–H groups in total. The van der Waals surface area contributed by atoms with Crippen molar-refractivity contribution in [3.8, 4) is 6.07 Å². The van der Waals surface area contributed by atoms with E-state index in [2.05, 4.69) is 5.32 Å². The second kappa shape index (κ2) is 9.55. The molecule has 0 aromatic heterocycles. The van der Waals surface area contributed by atoms with Gasteiger partial charge in [0.15, 0.2) is 0 Å². The van der Waals surface area contributed by atoms with E-state index < -0.39 is 22.5 Å². The fourth-order valence-electron chi connectivity index (χ4n) is 2.80. The van der Waals surface area contributed by atoms with Crippen LogP contribution in [-0.4, -0.2) is 25.2 Å². The van der Waals surface area contributed by atoms with E-state index in [0.29, 0.717) is 16.3 Å². The second-order valence-electron chi connectivity index (χ2n) is 6.45. The van der Waals surface area contributed by atoms with Crippen molar-refractivity contribution in [2.75, 3.05) is 11.9 Å². The molecule has 3 aromatic carbocycles. The average molecular weight is 440 g/mol. The summed E-state index contributed by atoms with van der Waals surface area (Å²) in [7, 11) is -3.95. The van der Waals surface area contributed by atoms with Gasteiger partial charge in [-0.05, 0) is 48.0 Å². The van der Waals surface area contributed by atoms with Crippen molar-refractivity contribution in [3.63, 3.8) is 0 Å². The third-order valence-electron chi connectivity index (χ3n) is 4.25. The van der Waals surface area contributed by atoms with Crippen LogP contribution in [0.5, 0.6) is 0 Å². The van der Waals surface area contributed by atoms with Gasteiger partial charge in [0.25, 0.3) is 0 Å². The van der Waals surface area contributed by atoms with Crippen LogP contribution in [0.15, 0.2) is 83.8 Å². The molecule has 1 amide bonds. The first kappa shape index (κ1) is 21.5. The maximum Gasteiger partial charge on any atom is 0.243 e. The lowest BCUT2D eigenvalue weighted by Gasteiger charge is -2.22. The van der Waals surface area contributed by atoms with Crippen LogP contribution in [0.1, 0.15) is 11.1 Å². The van der Waals surface area contributed by atoms with Crippen LogP contribution in [0.2, 0.25) is 5.02 Å². The molecule has 0 saturated carbocycles. The smallest absolute Gasteiger partial charge is 0.243 e. The number of nitrogens with zero attached hydrogens (tertiary/aromatic N) is 2. The van der Waals surface area contributed by atoms with Crippen LogP contribution in [0.25, 0.3) is 0 Å². The highest BCUT2D eigenvalue weighted by Crippen LogP contribution is 2.21. The van der Waals surface area contributed by atoms with Crippen molar-refractivity contribution in [2.45, 2.75) is 11.4 Å². The van der Waals surface area contributed by atoms with Gasteiger partial charge < -0.3 is 5.32 Å². The van der Waals surface area contributed by atoms with E-state index in [1.165, 1.54) is 30.3 Å². The summed E-state index contributed by atoms with van der Waals surface area (Å²) in [5, 5.41) is 12.1. The molecule has 0 aliphatic rings. The van der Waals surface area contributed by atoms with Crippen LogP contribution in [0.3, 0.4) is 0 Å². The molecule has 0 aliphatic heterocycles. The first-order valence-corrected chi connectivity index (χ1v) is 10.8. The molecule has 0 radical (unpaired) electrons. The van der Waals surface area contributed by atoms with Gasteiger partial charge in [-0.25, -0.2) is 8.42 Å². The summed E-state index contributed by atoms with van der Waals surface area (Å²) >= 11 is 5.87. The minimum Gasteiger partial charge on any atom is -0.325 e. The van der Waals surface area contributed by atoms with E-state index in [0.717, 1.165) is 9.87 Å². The molecule has 0 unspecified atom stereocenters. The Labute approximate surface area is 180 Å². The summed E-state index contributed by atoms with van der Waals surface area (Å²) in [6, 6.07) is 23.2. The Morgan fingerprint density at radius 3 is 2.37 bits per heavy atom. The number of nitrogens with one attached hydrogen (secondary N) is 1. The number of amides is 1. The van der Waals surface area contributed by atoms with Crippen LogP contribution >= 0.6 is 11.6 Å². The average Bonchev–Trinajstić information content (AvgIpc) is 2.74. The number of halogens is 1. The van der Waals surface area contributed by atoms with Crippen molar-refractivity contribution in [1.82, 2.24) is 4.31 Å². The first-order chi connectivity index (χ1) is 14.4. The third kappa shape index (κ3) is 5.45. The molecular weight excluding hydrogens is 422 g/mol.